The summed E-state index contributed by atoms with van der Waals surface area (Å²) in [5, 5.41) is 5.55. The van der Waals surface area contributed by atoms with Crippen LogP contribution in [0, 0.1) is 6.92 Å². The molecule has 0 spiro atoms. The van der Waals surface area contributed by atoms with Crippen molar-refractivity contribution in [1.29, 1.82) is 0 Å². The minimum Gasteiger partial charge on any atom is -0.406 e. The van der Waals surface area contributed by atoms with Crippen molar-refractivity contribution in [3.63, 3.8) is 0 Å². The van der Waals surface area contributed by atoms with Crippen LogP contribution in [0.15, 0.2) is 48.5 Å². The Kier molecular flexibility index (Phi) is 7.70. The second-order valence-electron chi connectivity index (χ2n) is 7.59. The van der Waals surface area contributed by atoms with Gasteiger partial charge in [0.15, 0.2) is 0 Å². The van der Waals surface area contributed by atoms with E-state index in [1.807, 2.05) is 41.0 Å². The van der Waals surface area contributed by atoms with E-state index < -0.39 is 6.36 Å². The number of benzene rings is 2. The van der Waals surface area contributed by atoms with Crippen LogP contribution in [0.2, 0.25) is 0 Å². The standard InChI is InChI=1S/C22H25F3N4O3/c1-16-3-2-4-18(13-16)27-21(31)15-29-11-9-28(10-12-29)14-20(30)26-17-5-7-19(8-6-17)32-22(23,24)25/h2-8,13H,9-12,14-15H2,1H3,(H,26,30)(H,27,31). The molecule has 0 saturated carbocycles. The summed E-state index contributed by atoms with van der Waals surface area (Å²) in [6, 6.07) is 12.6. The van der Waals surface area contributed by atoms with Gasteiger partial charge in [-0.05, 0) is 48.9 Å². The molecule has 3 rings (SSSR count). The third-order valence-electron chi connectivity index (χ3n) is 4.87. The Morgan fingerprint density at radius 1 is 0.875 bits per heavy atom. The number of aryl methyl sites for hydroxylation is 1. The van der Waals surface area contributed by atoms with Gasteiger partial charge < -0.3 is 15.4 Å². The van der Waals surface area contributed by atoms with Crippen molar-refractivity contribution in [2.24, 2.45) is 0 Å². The molecule has 10 heteroatoms. The number of nitrogens with one attached hydrogen (secondary N) is 2. The molecule has 0 atom stereocenters. The molecule has 0 bridgehead atoms. The van der Waals surface area contributed by atoms with Gasteiger partial charge in [0.05, 0.1) is 13.1 Å². The molecule has 0 unspecified atom stereocenters. The molecule has 2 aromatic rings. The second kappa shape index (κ2) is 10.5. The van der Waals surface area contributed by atoms with Crippen LogP contribution in [0.4, 0.5) is 24.5 Å². The number of alkyl halides is 3. The summed E-state index contributed by atoms with van der Waals surface area (Å²) in [6.07, 6.45) is -4.76. The molecule has 1 saturated heterocycles. The van der Waals surface area contributed by atoms with Crippen molar-refractivity contribution in [2.45, 2.75) is 13.3 Å². The molecular weight excluding hydrogens is 425 g/mol. The average Bonchev–Trinajstić information content (AvgIpc) is 2.70. The van der Waals surface area contributed by atoms with E-state index >= 15 is 0 Å². The van der Waals surface area contributed by atoms with Gasteiger partial charge in [-0.1, -0.05) is 12.1 Å². The lowest BCUT2D eigenvalue weighted by Gasteiger charge is -2.33. The zero-order valence-electron chi connectivity index (χ0n) is 17.6. The maximum absolute atomic E-state index is 12.3. The maximum atomic E-state index is 12.3. The van der Waals surface area contributed by atoms with Crippen LogP contribution in [0.1, 0.15) is 5.56 Å². The first-order chi connectivity index (χ1) is 15.2. The van der Waals surface area contributed by atoms with Gasteiger partial charge in [0.25, 0.3) is 0 Å². The zero-order chi connectivity index (χ0) is 23.1. The van der Waals surface area contributed by atoms with Gasteiger partial charge in [-0.15, -0.1) is 13.2 Å². The van der Waals surface area contributed by atoms with E-state index in [1.165, 1.54) is 12.1 Å². The highest BCUT2D eigenvalue weighted by atomic mass is 19.4. The average molecular weight is 450 g/mol. The van der Waals surface area contributed by atoms with Crippen LogP contribution >= 0.6 is 0 Å². The number of nitrogens with zero attached hydrogens (tertiary/aromatic N) is 2. The first-order valence-electron chi connectivity index (χ1n) is 10.1. The number of halogens is 3. The van der Waals surface area contributed by atoms with Crippen molar-refractivity contribution in [2.75, 3.05) is 49.9 Å². The lowest BCUT2D eigenvalue weighted by molar-refractivity contribution is -0.274. The quantitative estimate of drug-likeness (QED) is 0.678. The van der Waals surface area contributed by atoms with Gasteiger partial charge in [-0.3, -0.25) is 19.4 Å². The molecule has 7 nitrogen and oxygen atoms in total. The molecular formula is C22H25F3N4O3. The van der Waals surface area contributed by atoms with E-state index in [9.17, 15) is 22.8 Å². The molecule has 2 amide bonds. The van der Waals surface area contributed by atoms with E-state index in [0.29, 0.717) is 31.9 Å². The summed E-state index contributed by atoms with van der Waals surface area (Å²) in [5.74, 6) is -0.696. The van der Waals surface area contributed by atoms with E-state index in [1.54, 1.807) is 0 Å². The summed E-state index contributed by atoms with van der Waals surface area (Å²) in [4.78, 5) is 28.5. The van der Waals surface area contributed by atoms with Crippen LogP contribution in [-0.2, 0) is 9.59 Å². The van der Waals surface area contributed by atoms with Gasteiger partial charge in [-0.25, -0.2) is 0 Å². The number of amides is 2. The lowest BCUT2D eigenvalue weighted by atomic mass is 10.2. The van der Waals surface area contributed by atoms with Crippen LogP contribution in [0.5, 0.6) is 5.75 Å². The summed E-state index contributed by atoms with van der Waals surface area (Å²) in [6.45, 7) is 4.95. The Hall–Kier alpha value is -3.11. The van der Waals surface area contributed by atoms with Crippen LogP contribution in [0.3, 0.4) is 0 Å². The number of hydrogen-bond donors (Lipinski definition) is 2. The molecule has 1 heterocycles. The first-order valence-corrected chi connectivity index (χ1v) is 10.1. The van der Waals surface area contributed by atoms with Crippen molar-refractivity contribution in [3.05, 3.63) is 54.1 Å². The summed E-state index contributed by atoms with van der Waals surface area (Å²) >= 11 is 0. The monoisotopic (exact) mass is 450 g/mol. The van der Waals surface area contributed by atoms with Gasteiger partial charge in [0, 0.05) is 37.6 Å². The number of piperazine rings is 1. The number of rotatable bonds is 7. The van der Waals surface area contributed by atoms with Gasteiger partial charge >= 0.3 is 6.36 Å². The van der Waals surface area contributed by atoms with Crippen molar-refractivity contribution in [3.8, 4) is 5.75 Å². The van der Waals surface area contributed by atoms with E-state index in [2.05, 4.69) is 15.4 Å². The predicted octanol–water partition coefficient (Wildman–Crippen LogP) is 3.09. The molecule has 32 heavy (non-hydrogen) atoms. The van der Waals surface area contributed by atoms with Crippen LogP contribution in [-0.4, -0.2) is 67.2 Å². The number of hydrogen-bond acceptors (Lipinski definition) is 5. The molecule has 1 aliphatic rings. The smallest absolute Gasteiger partial charge is 0.406 e. The maximum Gasteiger partial charge on any atom is 0.573 e. The van der Waals surface area contributed by atoms with E-state index in [-0.39, 0.29) is 30.7 Å². The molecule has 0 aliphatic carbocycles. The largest absolute Gasteiger partial charge is 0.573 e. The van der Waals surface area contributed by atoms with Crippen molar-refractivity contribution >= 4 is 23.2 Å². The Bertz CT molecular complexity index is 927. The minimum atomic E-state index is -4.76. The second-order valence-corrected chi connectivity index (χ2v) is 7.59. The molecule has 172 valence electrons. The summed E-state index contributed by atoms with van der Waals surface area (Å²) < 4.78 is 40.4. The number of carbonyl (C=O) groups is 2. The summed E-state index contributed by atoms with van der Waals surface area (Å²) in [5.41, 5.74) is 2.22. The Labute approximate surface area is 184 Å². The summed E-state index contributed by atoms with van der Waals surface area (Å²) in [7, 11) is 0. The van der Waals surface area contributed by atoms with Crippen LogP contribution < -0.4 is 15.4 Å². The minimum absolute atomic E-state index is 0.0836. The Balaban J connectivity index is 1.38. The van der Waals surface area contributed by atoms with Gasteiger partial charge in [0.2, 0.25) is 11.8 Å². The third-order valence-corrected chi connectivity index (χ3v) is 4.87. The Morgan fingerprint density at radius 3 is 1.91 bits per heavy atom. The normalized spacial score (nSPS) is 15.2. The SMILES string of the molecule is Cc1cccc(NC(=O)CN2CCN(CC(=O)Nc3ccc(OC(F)(F)F)cc3)CC2)c1. The molecule has 1 aliphatic heterocycles. The highest BCUT2D eigenvalue weighted by Gasteiger charge is 2.31. The van der Waals surface area contributed by atoms with Crippen molar-refractivity contribution < 1.29 is 27.5 Å². The number of ether oxygens (including phenoxy) is 1. The number of anilines is 2. The van der Waals surface area contributed by atoms with Crippen LogP contribution in [0.25, 0.3) is 0 Å². The molecule has 0 aromatic heterocycles. The van der Waals surface area contributed by atoms with Gasteiger partial charge in [-0.2, -0.15) is 0 Å². The predicted molar refractivity (Wildman–Crippen MR) is 114 cm³/mol. The molecule has 1 fully saturated rings. The topological polar surface area (TPSA) is 73.9 Å². The zero-order valence-corrected chi connectivity index (χ0v) is 17.6. The third kappa shape index (κ3) is 7.86. The van der Waals surface area contributed by atoms with Crippen molar-refractivity contribution in [1.82, 2.24) is 9.80 Å². The molecule has 2 aromatic carbocycles. The molecule has 2 N–H and O–H groups in total. The lowest BCUT2D eigenvalue weighted by Crippen LogP contribution is -2.50. The van der Waals surface area contributed by atoms with E-state index in [0.717, 1.165) is 23.4 Å². The highest BCUT2D eigenvalue weighted by molar-refractivity contribution is 5.93. The fourth-order valence-corrected chi connectivity index (χ4v) is 3.38. The number of carbonyl (C=O) groups excluding carboxylic acids is 2. The Morgan fingerprint density at radius 2 is 1.41 bits per heavy atom. The van der Waals surface area contributed by atoms with Gasteiger partial charge in [0.1, 0.15) is 5.75 Å². The first kappa shape index (κ1) is 23.6. The fraction of sp³-hybridized carbons (Fsp3) is 0.364. The fourth-order valence-electron chi connectivity index (χ4n) is 3.38. The highest BCUT2D eigenvalue weighted by Crippen LogP contribution is 2.24. The molecule has 0 radical (unpaired) electrons. The van der Waals surface area contributed by atoms with E-state index in [4.69, 9.17) is 0 Å².